The number of aliphatic hydroxyl groups excluding tert-OH is 1. The average Bonchev–Trinajstić information content (AvgIpc) is 2.63. The number of aromatic hydroxyl groups is 1. The zero-order chi connectivity index (χ0) is 17.7. The van der Waals surface area contributed by atoms with E-state index in [0.717, 1.165) is 25.1 Å². The Labute approximate surface area is 149 Å². The van der Waals surface area contributed by atoms with Crippen LogP contribution in [0.4, 0.5) is 0 Å². The molecule has 0 bridgehead atoms. The van der Waals surface area contributed by atoms with Gasteiger partial charge in [0.25, 0.3) is 0 Å². The van der Waals surface area contributed by atoms with E-state index in [-0.39, 0.29) is 11.7 Å². The SMILES string of the molecule is Oc1ccc(C(Cc2ccccc2)CC(O)C2(O)CCNCC2)cc1. The molecule has 1 saturated heterocycles. The van der Waals surface area contributed by atoms with Crippen LogP contribution in [-0.4, -0.2) is 40.1 Å². The third-order valence-electron chi connectivity index (χ3n) is 5.29. The monoisotopic (exact) mass is 341 g/mol. The minimum Gasteiger partial charge on any atom is -0.508 e. The van der Waals surface area contributed by atoms with Crippen molar-refractivity contribution in [1.29, 1.82) is 0 Å². The number of piperidine rings is 1. The number of rotatable bonds is 6. The maximum atomic E-state index is 10.8. The highest BCUT2D eigenvalue weighted by atomic mass is 16.3. The van der Waals surface area contributed by atoms with Crippen molar-refractivity contribution in [3.63, 3.8) is 0 Å². The van der Waals surface area contributed by atoms with Gasteiger partial charge in [0.2, 0.25) is 0 Å². The molecule has 2 aromatic rings. The summed E-state index contributed by atoms with van der Waals surface area (Å²) in [5.41, 5.74) is 1.25. The molecule has 134 valence electrons. The topological polar surface area (TPSA) is 72.7 Å². The molecule has 0 radical (unpaired) electrons. The van der Waals surface area contributed by atoms with Gasteiger partial charge in [-0.05, 0) is 68.0 Å². The van der Waals surface area contributed by atoms with Gasteiger partial charge in [-0.15, -0.1) is 0 Å². The van der Waals surface area contributed by atoms with Crippen LogP contribution < -0.4 is 5.32 Å². The maximum Gasteiger partial charge on any atom is 0.115 e. The van der Waals surface area contributed by atoms with Gasteiger partial charge in [-0.3, -0.25) is 0 Å². The van der Waals surface area contributed by atoms with Crippen LogP contribution in [0.3, 0.4) is 0 Å². The second-order valence-electron chi connectivity index (χ2n) is 7.08. The molecule has 1 aliphatic heterocycles. The predicted molar refractivity (Wildman–Crippen MR) is 98.7 cm³/mol. The van der Waals surface area contributed by atoms with E-state index in [1.165, 1.54) is 5.56 Å². The van der Waals surface area contributed by atoms with Crippen LogP contribution in [0.25, 0.3) is 0 Å². The van der Waals surface area contributed by atoms with E-state index < -0.39 is 11.7 Å². The molecule has 0 aromatic heterocycles. The second kappa shape index (κ2) is 8.00. The zero-order valence-corrected chi connectivity index (χ0v) is 14.4. The average molecular weight is 341 g/mol. The summed E-state index contributed by atoms with van der Waals surface area (Å²) in [7, 11) is 0. The molecule has 0 spiro atoms. The van der Waals surface area contributed by atoms with E-state index >= 15 is 0 Å². The summed E-state index contributed by atoms with van der Waals surface area (Å²) in [5.74, 6) is 0.316. The highest BCUT2D eigenvalue weighted by molar-refractivity contribution is 5.30. The number of phenolic OH excluding ortho intramolecular Hbond substituents is 1. The molecule has 3 rings (SSSR count). The van der Waals surface area contributed by atoms with E-state index in [9.17, 15) is 15.3 Å². The molecule has 4 nitrogen and oxygen atoms in total. The molecule has 2 unspecified atom stereocenters. The van der Waals surface area contributed by atoms with Crippen molar-refractivity contribution in [2.24, 2.45) is 0 Å². The highest BCUT2D eigenvalue weighted by Crippen LogP contribution is 2.33. The third-order valence-corrected chi connectivity index (χ3v) is 5.29. The molecule has 2 atom stereocenters. The van der Waals surface area contributed by atoms with E-state index in [2.05, 4.69) is 17.4 Å². The Morgan fingerprint density at radius 2 is 1.60 bits per heavy atom. The number of aliphatic hydroxyl groups is 2. The van der Waals surface area contributed by atoms with Gasteiger partial charge >= 0.3 is 0 Å². The van der Waals surface area contributed by atoms with Crippen molar-refractivity contribution in [2.75, 3.05) is 13.1 Å². The summed E-state index contributed by atoms with van der Waals surface area (Å²) >= 11 is 0. The van der Waals surface area contributed by atoms with Crippen LogP contribution in [0.1, 0.15) is 36.3 Å². The third kappa shape index (κ3) is 4.60. The molecular weight excluding hydrogens is 314 g/mol. The van der Waals surface area contributed by atoms with Gasteiger partial charge in [0.05, 0.1) is 11.7 Å². The summed E-state index contributed by atoms with van der Waals surface area (Å²) in [4.78, 5) is 0. The lowest BCUT2D eigenvalue weighted by Gasteiger charge is -2.38. The zero-order valence-electron chi connectivity index (χ0n) is 14.4. The Morgan fingerprint density at radius 3 is 2.24 bits per heavy atom. The van der Waals surface area contributed by atoms with Gasteiger partial charge in [0, 0.05) is 0 Å². The summed E-state index contributed by atoms with van der Waals surface area (Å²) in [5, 5.41) is 34.4. The lowest BCUT2D eigenvalue weighted by molar-refractivity contribution is -0.0976. The van der Waals surface area contributed by atoms with Gasteiger partial charge < -0.3 is 20.6 Å². The number of benzene rings is 2. The summed E-state index contributed by atoms with van der Waals surface area (Å²) in [6.45, 7) is 1.46. The largest absolute Gasteiger partial charge is 0.508 e. The molecule has 0 aliphatic carbocycles. The first-order valence-corrected chi connectivity index (χ1v) is 9.01. The van der Waals surface area contributed by atoms with Crippen molar-refractivity contribution in [3.05, 3.63) is 65.7 Å². The molecular formula is C21H27NO3. The van der Waals surface area contributed by atoms with Gasteiger partial charge in [-0.1, -0.05) is 42.5 Å². The standard InChI is InChI=1S/C21H27NO3/c23-19-8-6-17(7-9-19)18(14-16-4-2-1-3-5-16)15-20(24)21(25)10-12-22-13-11-21/h1-9,18,20,22-25H,10-15H2. The smallest absolute Gasteiger partial charge is 0.115 e. The quantitative estimate of drug-likeness (QED) is 0.652. The van der Waals surface area contributed by atoms with E-state index in [0.29, 0.717) is 19.3 Å². The molecule has 1 fully saturated rings. The van der Waals surface area contributed by atoms with Gasteiger partial charge in [-0.25, -0.2) is 0 Å². The number of hydrogen-bond acceptors (Lipinski definition) is 4. The molecule has 1 aliphatic rings. The predicted octanol–water partition coefficient (Wildman–Crippen LogP) is 2.58. The molecule has 1 heterocycles. The summed E-state index contributed by atoms with van der Waals surface area (Å²) in [6.07, 6.45) is 1.66. The Balaban J connectivity index is 1.79. The van der Waals surface area contributed by atoms with Crippen molar-refractivity contribution < 1.29 is 15.3 Å². The second-order valence-corrected chi connectivity index (χ2v) is 7.08. The minimum atomic E-state index is -1.02. The lowest BCUT2D eigenvalue weighted by Crippen LogP contribution is -2.50. The fourth-order valence-electron chi connectivity index (χ4n) is 3.66. The van der Waals surface area contributed by atoms with Crippen LogP contribution in [0.2, 0.25) is 0 Å². The van der Waals surface area contributed by atoms with E-state index in [1.54, 1.807) is 12.1 Å². The van der Waals surface area contributed by atoms with Crippen LogP contribution in [0.5, 0.6) is 5.75 Å². The Bertz CT molecular complexity index is 651. The van der Waals surface area contributed by atoms with E-state index in [4.69, 9.17) is 0 Å². The van der Waals surface area contributed by atoms with Crippen molar-refractivity contribution >= 4 is 0 Å². The fraction of sp³-hybridized carbons (Fsp3) is 0.429. The summed E-state index contributed by atoms with van der Waals surface area (Å²) in [6, 6.07) is 17.4. The number of nitrogens with one attached hydrogen (secondary N) is 1. The normalized spacial score (nSPS) is 19.3. The Hall–Kier alpha value is -1.88. The molecule has 25 heavy (non-hydrogen) atoms. The first kappa shape index (κ1) is 17.9. The molecule has 4 N–H and O–H groups in total. The molecule has 4 heteroatoms. The Kier molecular flexibility index (Phi) is 5.74. The fourth-order valence-corrected chi connectivity index (χ4v) is 3.66. The lowest BCUT2D eigenvalue weighted by atomic mass is 9.79. The van der Waals surface area contributed by atoms with Gasteiger partial charge in [0.15, 0.2) is 0 Å². The number of hydrogen-bond donors (Lipinski definition) is 4. The first-order valence-electron chi connectivity index (χ1n) is 9.01. The Morgan fingerprint density at radius 1 is 0.960 bits per heavy atom. The molecule has 0 amide bonds. The number of phenols is 1. The summed E-state index contributed by atoms with van der Waals surface area (Å²) < 4.78 is 0. The molecule has 0 saturated carbocycles. The minimum absolute atomic E-state index is 0.0805. The van der Waals surface area contributed by atoms with Crippen LogP contribution >= 0.6 is 0 Å². The van der Waals surface area contributed by atoms with Gasteiger partial charge in [-0.2, -0.15) is 0 Å². The maximum absolute atomic E-state index is 10.8. The van der Waals surface area contributed by atoms with Crippen LogP contribution in [-0.2, 0) is 6.42 Å². The first-order chi connectivity index (χ1) is 12.1. The van der Waals surface area contributed by atoms with Crippen molar-refractivity contribution in [3.8, 4) is 5.75 Å². The van der Waals surface area contributed by atoms with Crippen LogP contribution in [0.15, 0.2) is 54.6 Å². The molecule has 2 aromatic carbocycles. The van der Waals surface area contributed by atoms with E-state index in [1.807, 2.05) is 30.3 Å². The van der Waals surface area contributed by atoms with Crippen molar-refractivity contribution in [2.45, 2.75) is 43.3 Å². The van der Waals surface area contributed by atoms with Gasteiger partial charge in [0.1, 0.15) is 5.75 Å². The van der Waals surface area contributed by atoms with Crippen LogP contribution in [0, 0.1) is 0 Å². The highest BCUT2D eigenvalue weighted by Gasteiger charge is 2.38. The van der Waals surface area contributed by atoms with Crippen molar-refractivity contribution in [1.82, 2.24) is 5.32 Å².